The summed E-state index contributed by atoms with van der Waals surface area (Å²) in [6.45, 7) is 3.39. The quantitative estimate of drug-likeness (QED) is 0.846. The van der Waals surface area contributed by atoms with E-state index in [-0.39, 0.29) is 18.5 Å². The number of amides is 2. The number of carbonyl (C=O) groups excluding carboxylic acids is 1. The van der Waals surface area contributed by atoms with E-state index in [4.69, 9.17) is 0 Å². The predicted molar refractivity (Wildman–Crippen MR) is 91.6 cm³/mol. The number of benzene rings is 1. The topological polar surface area (TPSA) is 44.4 Å². The van der Waals surface area contributed by atoms with Gasteiger partial charge in [0.05, 0.1) is 0 Å². The van der Waals surface area contributed by atoms with Crippen molar-refractivity contribution in [1.82, 2.24) is 4.90 Å². The Hall–Kier alpha value is -1.85. The van der Waals surface area contributed by atoms with E-state index in [1.807, 2.05) is 17.0 Å². The fraction of sp³-hybridized carbons (Fsp3) is 0.611. The molecule has 2 amide bonds. The van der Waals surface area contributed by atoms with Crippen molar-refractivity contribution in [1.29, 1.82) is 0 Å². The number of alkyl halides is 2. The van der Waals surface area contributed by atoms with Gasteiger partial charge in [0.15, 0.2) is 0 Å². The van der Waals surface area contributed by atoms with Gasteiger partial charge in [-0.05, 0) is 44.0 Å². The van der Waals surface area contributed by atoms with Crippen LogP contribution in [0.25, 0.3) is 0 Å². The van der Waals surface area contributed by atoms with E-state index in [1.54, 1.807) is 19.1 Å². The SMILES string of the molecule is C[C@@H](Nc1ccc(NC(=O)N2CCCCCC2)cc1)[C@H]1CC1(F)F. The van der Waals surface area contributed by atoms with Crippen LogP contribution in [0.5, 0.6) is 0 Å². The van der Waals surface area contributed by atoms with Crippen molar-refractivity contribution >= 4 is 17.4 Å². The molecule has 1 aromatic rings. The Morgan fingerprint density at radius 2 is 1.67 bits per heavy atom. The van der Waals surface area contributed by atoms with Gasteiger partial charge >= 0.3 is 6.03 Å². The van der Waals surface area contributed by atoms with Crippen LogP contribution in [-0.2, 0) is 0 Å². The van der Waals surface area contributed by atoms with E-state index >= 15 is 0 Å². The summed E-state index contributed by atoms with van der Waals surface area (Å²) in [5.41, 5.74) is 1.51. The lowest BCUT2D eigenvalue weighted by Gasteiger charge is -2.21. The minimum atomic E-state index is -2.52. The number of hydrogen-bond acceptors (Lipinski definition) is 2. The van der Waals surface area contributed by atoms with Gasteiger partial charge in [-0.1, -0.05) is 12.8 Å². The molecule has 0 aromatic heterocycles. The summed E-state index contributed by atoms with van der Waals surface area (Å²) >= 11 is 0. The van der Waals surface area contributed by atoms with E-state index in [1.165, 1.54) is 12.8 Å². The second-order valence-electron chi connectivity index (χ2n) is 6.91. The molecule has 2 fully saturated rings. The summed E-state index contributed by atoms with van der Waals surface area (Å²) in [4.78, 5) is 14.1. The number of hydrogen-bond donors (Lipinski definition) is 2. The van der Waals surface area contributed by atoms with Gasteiger partial charge in [-0.3, -0.25) is 0 Å². The molecule has 2 aliphatic rings. The zero-order chi connectivity index (χ0) is 17.2. The molecule has 1 saturated carbocycles. The van der Waals surface area contributed by atoms with Crippen LogP contribution in [0.15, 0.2) is 24.3 Å². The molecule has 132 valence electrons. The van der Waals surface area contributed by atoms with Crippen LogP contribution in [-0.4, -0.2) is 36.0 Å². The Morgan fingerprint density at radius 3 is 2.21 bits per heavy atom. The summed E-state index contributed by atoms with van der Waals surface area (Å²) in [6.07, 6.45) is 4.44. The van der Waals surface area contributed by atoms with Crippen molar-refractivity contribution in [2.45, 2.75) is 51.0 Å². The highest BCUT2D eigenvalue weighted by molar-refractivity contribution is 5.89. The van der Waals surface area contributed by atoms with Gasteiger partial charge in [-0.2, -0.15) is 0 Å². The van der Waals surface area contributed by atoms with E-state index in [0.29, 0.717) is 0 Å². The van der Waals surface area contributed by atoms with E-state index in [9.17, 15) is 13.6 Å². The number of carbonyl (C=O) groups is 1. The molecule has 0 radical (unpaired) electrons. The molecule has 0 bridgehead atoms. The van der Waals surface area contributed by atoms with Gasteiger partial charge in [0.1, 0.15) is 0 Å². The van der Waals surface area contributed by atoms with E-state index in [0.717, 1.165) is 37.3 Å². The average molecular weight is 337 g/mol. The first-order valence-corrected chi connectivity index (χ1v) is 8.76. The molecule has 6 heteroatoms. The van der Waals surface area contributed by atoms with Crippen LogP contribution in [0.2, 0.25) is 0 Å². The Balaban J connectivity index is 1.51. The molecule has 1 aromatic carbocycles. The molecule has 1 heterocycles. The van der Waals surface area contributed by atoms with Gasteiger partial charge < -0.3 is 15.5 Å². The van der Waals surface area contributed by atoms with Crippen molar-refractivity contribution in [3.8, 4) is 0 Å². The Bertz CT molecular complexity index is 568. The van der Waals surface area contributed by atoms with Crippen LogP contribution in [0.4, 0.5) is 25.0 Å². The molecule has 2 N–H and O–H groups in total. The number of nitrogens with one attached hydrogen (secondary N) is 2. The molecule has 4 nitrogen and oxygen atoms in total. The van der Waals surface area contributed by atoms with Crippen molar-refractivity contribution in [2.75, 3.05) is 23.7 Å². The first-order valence-electron chi connectivity index (χ1n) is 8.76. The average Bonchev–Trinajstić information content (AvgIpc) is 3.26. The highest BCUT2D eigenvalue weighted by Crippen LogP contribution is 2.51. The maximum absolute atomic E-state index is 13.1. The zero-order valence-corrected chi connectivity index (χ0v) is 14.0. The number of halogens is 2. The summed E-state index contributed by atoms with van der Waals surface area (Å²) in [7, 11) is 0. The predicted octanol–water partition coefficient (Wildman–Crippen LogP) is 4.55. The lowest BCUT2D eigenvalue weighted by molar-refractivity contribution is 0.0959. The molecular weight excluding hydrogens is 312 g/mol. The Labute approximate surface area is 141 Å². The Kier molecular flexibility index (Phi) is 4.92. The molecule has 1 saturated heterocycles. The van der Waals surface area contributed by atoms with Crippen molar-refractivity contribution in [2.24, 2.45) is 5.92 Å². The molecule has 2 atom stereocenters. The fourth-order valence-corrected chi connectivity index (χ4v) is 3.27. The lowest BCUT2D eigenvalue weighted by Crippen LogP contribution is -2.35. The Morgan fingerprint density at radius 1 is 1.12 bits per heavy atom. The molecule has 24 heavy (non-hydrogen) atoms. The summed E-state index contributed by atoms with van der Waals surface area (Å²) in [5.74, 6) is -3.10. The monoisotopic (exact) mass is 337 g/mol. The van der Waals surface area contributed by atoms with Gasteiger partial charge in [0, 0.05) is 42.8 Å². The van der Waals surface area contributed by atoms with Crippen LogP contribution < -0.4 is 10.6 Å². The summed E-state index contributed by atoms with van der Waals surface area (Å²) < 4.78 is 26.1. The van der Waals surface area contributed by atoms with Crippen LogP contribution in [0, 0.1) is 5.92 Å². The maximum Gasteiger partial charge on any atom is 0.321 e. The standard InChI is InChI=1S/C18H25F2N3O/c1-13(16-12-18(16,19)20)21-14-6-8-15(9-7-14)22-17(24)23-10-4-2-3-5-11-23/h6-9,13,16,21H,2-5,10-12H2,1H3,(H,22,24)/t13-,16-/m1/s1. The van der Waals surface area contributed by atoms with Gasteiger partial charge in [-0.25, -0.2) is 13.6 Å². The normalized spacial score (nSPS) is 24.0. The number of rotatable bonds is 4. The second kappa shape index (κ2) is 6.95. The minimum absolute atomic E-state index is 0.0366. The fourth-order valence-electron chi connectivity index (χ4n) is 3.27. The van der Waals surface area contributed by atoms with Crippen LogP contribution in [0.3, 0.4) is 0 Å². The summed E-state index contributed by atoms with van der Waals surface area (Å²) in [6, 6.07) is 6.90. The summed E-state index contributed by atoms with van der Waals surface area (Å²) in [5, 5.41) is 6.02. The maximum atomic E-state index is 13.1. The third kappa shape index (κ3) is 4.16. The van der Waals surface area contributed by atoms with Crippen molar-refractivity contribution in [3.63, 3.8) is 0 Å². The third-order valence-electron chi connectivity index (χ3n) is 4.90. The van der Waals surface area contributed by atoms with E-state index < -0.39 is 11.8 Å². The van der Waals surface area contributed by atoms with Crippen molar-refractivity contribution < 1.29 is 13.6 Å². The molecular formula is C18H25F2N3O. The highest BCUT2D eigenvalue weighted by Gasteiger charge is 2.59. The molecule has 3 rings (SSSR count). The van der Waals surface area contributed by atoms with Crippen LogP contribution in [0.1, 0.15) is 39.0 Å². The number of anilines is 2. The minimum Gasteiger partial charge on any atom is -0.382 e. The lowest BCUT2D eigenvalue weighted by atomic mass is 10.2. The number of likely N-dealkylation sites (tertiary alicyclic amines) is 1. The smallest absolute Gasteiger partial charge is 0.321 e. The highest BCUT2D eigenvalue weighted by atomic mass is 19.3. The number of nitrogens with zero attached hydrogens (tertiary/aromatic N) is 1. The zero-order valence-electron chi connectivity index (χ0n) is 14.0. The molecule has 0 unspecified atom stereocenters. The van der Waals surface area contributed by atoms with Gasteiger partial charge in [-0.15, -0.1) is 0 Å². The van der Waals surface area contributed by atoms with Gasteiger partial charge in [0.2, 0.25) is 0 Å². The van der Waals surface area contributed by atoms with Gasteiger partial charge in [0.25, 0.3) is 5.92 Å². The largest absolute Gasteiger partial charge is 0.382 e. The molecule has 0 spiro atoms. The van der Waals surface area contributed by atoms with Crippen molar-refractivity contribution in [3.05, 3.63) is 24.3 Å². The first kappa shape index (κ1) is 17.0. The second-order valence-corrected chi connectivity index (χ2v) is 6.91. The third-order valence-corrected chi connectivity index (χ3v) is 4.90. The number of urea groups is 1. The molecule has 1 aliphatic heterocycles. The van der Waals surface area contributed by atoms with Crippen LogP contribution >= 0.6 is 0 Å². The first-order chi connectivity index (χ1) is 11.5. The van der Waals surface area contributed by atoms with E-state index in [2.05, 4.69) is 10.6 Å². The molecule has 1 aliphatic carbocycles.